The second-order valence-corrected chi connectivity index (χ2v) is 10.3. The molecule has 2 unspecified atom stereocenters. The van der Waals surface area contributed by atoms with Crippen molar-refractivity contribution in [1.29, 1.82) is 0 Å². The van der Waals surface area contributed by atoms with Gasteiger partial charge >= 0.3 is 12.1 Å². The van der Waals surface area contributed by atoms with Crippen LogP contribution in [0.25, 0.3) is 10.9 Å². The Kier molecular flexibility index (Phi) is 10.7. The number of carbonyl (C=O) groups is 5. The number of aliphatic hydroxyl groups excluding tert-OH is 1. The van der Waals surface area contributed by atoms with E-state index in [2.05, 4.69) is 10.3 Å². The van der Waals surface area contributed by atoms with Gasteiger partial charge in [0.1, 0.15) is 17.5 Å². The smallest absolute Gasteiger partial charge is 0.409 e. The van der Waals surface area contributed by atoms with Gasteiger partial charge in [-0.25, -0.2) is 9.78 Å². The van der Waals surface area contributed by atoms with Crippen molar-refractivity contribution in [3.63, 3.8) is 0 Å². The number of carboxylic acids is 1. The van der Waals surface area contributed by atoms with Crippen LogP contribution in [0.5, 0.6) is 5.75 Å². The molecule has 2 aliphatic heterocycles. The van der Waals surface area contributed by atoms with E-state index in [4.69, 9.17) is 9.47 Å². The molecule has 43 heavy (non-hydrogen) atoms. The summed E-state index contributed by atoms with van der Waals surface area (Å²) in [7, 11) is 0. The van der Waals surface area contributed by atoms with Crippen molar-refractivity contribution in [1.82, 2.24) is 25.0 Å². The zero-order chi connectivity index (χ0) is 30.9. The van der Waals surface area contributed by atoms with E-state index in [9.17, 15) is 34.2 Å². The summed E-state index contributed by atoms with van der Waals surface area (Å²) < 4.78 is 10.9. The Bertz CT molecular complexity index is 1340. The van der Waals surface area contributed by atoms with E-state index in [1.54, 1.807) is 36.1 Å². The first-order valence-corrected chi connectivity index (χ1v) is 14.4. The van der Waals surface area contributed by atoms with Gasteiger partial charge in [-0.05, 0) is 38.3 Å². The van der Waals surface area contributed by atoms with Gasteiger partial charge in [-0.3, -0.25) is 19.2 Å². The first-order valence-electron chi connectivity index (χ1n) is 14.4. The summed E-state index contributed by atoms with van der Waals surface area (Å²) >= 11 is 0. The van der Waals surface area contributed by atoms with E-state index in [-0.39, 0.29) is 82.2 Å². The standard InChI is InChI=1S/C29H37N5O9/c1-2-42-29(41)33-14-12-32(13-15-33)28(40)22(9-10-26(37)38)31-27(39)23-16-24(20-7-3-4-8-21(20)30-23)43-18-25(36)34-11-5-6-19(34)17-35/h3-4,7-8,16,19,22,35H,2,5-6,9-15,17-18H2,1H3,(H,31,39)(H,37,38). The van der Waals surface area contributed by atoms with Crippen molar-refractivity contribution < 1.29 is 43.7 Å². The lowest BCUT2D eigenvalue weighted by Crippen LogP contribution is -2.56. The molecule has 2 aliphatic rings. The second kappa shape index (κ2) is 14.6. The number of nitrogens with one attached hydrogen (secondary N) is 1. The fraction of sp³-hybridized carbons (Fsp3) is 0.517. The van der Waals surface area contributed by atoms with Crippen LogP contribution >= 0.6 is 0 Å². The van der Waals surface area contributed by atoms with Crippen molar-refractivity contribution in [3.05, 3.63) is 36.0 Å². The Morgan fingerprint density at radius 2 is 1.79 bits per heavy atom. The summed E-state index contributed by atoms with van der Waals surface area (Å²) in [5, 5.41) is 22.0. The molecule has 4 rings (SSSR count). The van der Waals surface area contributed by atoms with Crippen molar-refractivity contribution in [3.8, 4) is 5.75 Å². The van der Waals surface area contributed by atoms with Gasteiger partial charge in [0.05, 0.1) is 24.8 Å². The van der Waals surface area contributed by atoms with Crippen molar-refractivity contribution in [2.45, 2.75) is 44.7 Å². The third-order valence-corrected chi connectivity index (χ3v) is 7.54. The number of piperazine rings is 1. The Morgan fingerprint density at radius 1 is 1.07 bits per heavy atom. The van der Waals surface area contributed by atoms with Crippen LogP contribution in [-0.4, -0.2) is 124 Å². The van der Waals surface area contributed by atoms with Gasteiger partial charge < -0.3 is 39.7 Å². The summed E-state index contributed by atoms with van der Waals surface area (Å²) in [6.07, 6.45) is 0.536. The predicted molar refractivity (Wildman–Crippen MR) is 152 cm³/mol. The number of fused-ring (bicyclic) bond motifs is 1. The molecule has 0 radical (unpaired) electrons. The number of aliphatic hydroxyl groups is 1. The molecular weight excluding hydrogens is 562 g/mol. The highest BCUT2D eigenvalue weighted by Gasteiger charge is 2.32. The zero-order valence-corrected chi connectivity index (χ0v) is 24.1. The first-order chi connectivity index (χ1) is 20.7. The zero-order valence-electron chi connectivity index (χ0n) is 24.1. The predicted octanol–water partition coefficient (Wildman–Crippen LogP) is 0.861. The molecule has 232 valence electrons. The summed E-state index contributed by atoms with van der Waals surface area (Å²) in [6, 6.07) is 6.91. The number of carbonyl (C=O) groups excluding carboxylic acids is 4. The normalized spacial score (nSPS) is 17.4. The first kappa shape index (κ1) is 31.5. The third kappa shape index (κ3) is 7.89. The number of rotatable bonds is 11. The van der Waals surface area contributed by atoms with E-state index in [0.717, 1.165) is 6.42 Å². The molecule has 2 aromatic rings. The molecule has 1 aromatic heterocycles. The highest BCUT2D eigenvalue weighted by molar-refractivity contribution is 5.99. The molecule has 14 nitrogen and oxygen atoms in total. The monoisotopic (exact) mass is 599 g/mol. The lowest BCUT2D eigenvalue weighted by atomic mass is 10.1. The molecular formula is C29H37N5O9. The molecule has 0 bridgehead atoms. The largest absolute Gasteiger partial charge is 0.483 e. The Morgan fingerprint density at radius 3 is 2.49 bits per heavy atom. The molecule has 4 amide bonds. The number of amides is 4. The molecule has 1 aromatic carbocycles. The van der Waals surface area contributed by atoms with Crippen LogP contribution in [0.1, 0.15) is 43.1 Å². The number of likely N-dealkylation sites (tertiary alicyclic amines) is 1. The maximum atomic E-state index is 13.4. The van der Waals surface area contributed by atoms with Crippen LogP contribution in [0.15, 0.2) is 30.3 Å². The number of hydrogen-bond donors (Lipinski definition) is 3. The molecule has 2 atom stereocenters. The Hall–Kier alpha value is -4.46. The van der Waals surface area contributed by atoms with E-state index < -0.39 is 29.9 Å². The number of benzene rings is 1. The van der Waals surface area contributed by atoms with Crippen molar-refractivity contribution in [2.24, 2.45) is 0 Å². The van der Waals surface area contributed by atoms with Crippen LogP contribution in [0.3, 0.4) is 0 Å². The van der Waals surface area contributed by atoms with Crippen LogP contribution in [0.2, 0.25) is 0 Å². The molecule has 3 N–H and O–H groups in total. The maximum absolute atomic E-state index is 13.4. The fourth-order valence-corrected chi connectivity index (χ4v) is 5.26. The number of pyridine rings is 1. The summed E-state index contributed by atoms with van der Waals surface area (Å²) in [5.74, 6) is -2.34. The minimum absolute atomic E-state index is 0.0733. The molecule has 0 aliphatic carbocycles. The minimum atomic E-state index is -1.15. The third-order valence-electron chi connectivity index (χ3n) is 7.54. The van der Waals surface area contributed by atoms with Gasteiger partial charge in [-0.1, -0.05) is 12.1 Å². The molecule has 0 saturated carbocycles. The number of nitrogens with zero attached hydrogens (tertiary/aromatic N) is 4. The lowest BCUT2D eigenvalue weighted by molar-refractivity contribution is -0.138. The minimum Gasteiger partial charge on any atom is -0.483 e. The quantitative estimate of drug-likeness (QED) is 0.335. The number of para-hydroxylation sites is 1. The Labute approximate surface area is 248 Å². The number of aromatic nitrogens is 1. The van der Waals surface area contributed by atoms with Gasteiger partial charge in [0.15, 0.2) is 6.61 Å². The van der Waals surface area contributed by atoms with Crippen LogP contribution in [0, 0.1) is 0 Å². The van der Waals surface area contributed by atoms with Gasteiger partial charge in [-0.2, -0.15) is 0 Å². The van der Waals surface area contributed by atoms with Crippen molar-refractivity contribution >= 4 is 40.7 Å². The summed E-state index contributed by atoms with van der Waals surface area (Å²) in [6.45, 7) is 2.92. The van der Waals surface area contributed by atoms with Crippen molar-refractivity contribution in [2.75, 3.05) is 52.5 Å². The molecule has 2 saturated heterocycles. The molecule has 2 fully saturated rings. The van der Waals surface area contributed by atoms with Gasteiger partial charge in [0, 0.05) is 50.6 Å². The second-order valence-electron chi connectivity index (χ2n) is 10.3. The van der Waals surface area contributed by atoms with E-state index in [0.29, 0.717) is 23.9 Å². The molecule has 14 heteroatoms. The highest BCUT2D eigenvalue weighted by atomic mass is 16.6. The molecule has 0 spiro atoms. The number of aliphatic carboxylic acids is 1. The number of hydrogen-bond acceptors (Lipinski definition) is 9. The summed E-state index contributed by atoms with van der Waals surface area (Å²) in [4.78, 5) is 71.9. The lowest BCUT2D eigenvalue weighted by Gasteiger charge is -2.35. The van der Waals surface area contributed by atoms with E-state index >= 15 is 0 Å². The average Bonchev–Trinajstić information content (AvgIpc) is 3.50. The van der Waals surface area contributed by atoms with Gasteiger partial charge in [0.2, 0.25) is 5.91 Å². The summed E-state index contributed by atoms with van der Waals surface area (Å²) in [5.41, 5.74) is 0.353. The number of ether oxygens (including phenoxy) is 2. The van der Waals surface area contributed by atoms with Gasteiger partial charge in [0.25, 0.3) is 11.8 Å². The topological polar surface area (TPSA) is 179 Å². The highest BCUT2D eigenvalue weighted by Crippen LogP contribution is 2.26. The SMILES string of the molecule is CCOC(=O)N1CCN(C(=O)C(CCC(=O)O)NC(=O)c2cc(OCC(=O)N3CCCC3CO)c3ccccc3n2)CC1. The maximum Gasteiger partial charge on any atom is 0.409 e. The van der Waals surface area contributed by atoms with Crippen LogP contribution < -0.4 is 10.1 Å². The van der Waals surface area contributed by atoms with Gasteiger partial charge in [-0.15, -0.1) is 0 Å². The van der Waals surface area contributed by atoms with Crippen LogP contribution in [0.4, 0.5) is 4.79 Å². The molecule has 3 heterocycles. The fourth-order valence-electron chi connectivity index (χ4n) is 5.26. The average molecular weight is 600 g/mol. The van der Waals surface area contributed by atoms with E-state index in [1.165, 1.54) is 15.9 Å². The number of carboxylic acid groups (broad SMARTS) is 1. The van der Waals surface area contributed by atoms with Crippen LogP contribution in [-0.2, 0) is 19.1 Å². The van der Waals surface area contributed by atoms with E-state index in [1.807, 2.05) is 0 Å². The Balaban J connectivity index is 1.49.